The van der Waals surface area contributed by atoms with Crippen molar-refractivity contribution in [3.05, 3.63) is 46.2 Å². The van der Waals surface area contributed by atoms with E-state index in [9.17, 15) is 9.59 Å². The van der Waals surface area contributed by atoms with Gasteiger partial charge in [-0.15, -0.1) is 11.3 Å². The highest BCUT2D eigenvalue weighted by Gasteiger charge is 2.44. The van der Waals surface area contributed by atoms with Crippen molar-refractivity contribution in [1.29, 1.82) is 0 Å². The van der Waals surface area contributed by atoms with Gasteiger partial charge in [0, 0.05) is 42.8 Å². The van der Waals surface area contributed by atoms with Crippen LogP contribution < -0.4 is 9.47 Å². The molecule has 3 heterocycles. The Bertz CT molecular complexity index is 869. The van der Waals surface area contributed by atoms with Crippen molar-refractivity contribution in [3.63, 3.8) is 0 Å². The molecule has 148 valence electrons. The highest BCUT2D eigenvalue weighted by atomic mass is 32.1. The first-order valence-corrected chi connectivity index (χ1v) is 10.6. The molecule has 2 aliphatic rings. The highest BCUT2D eigenvalue weighted by Crippen LogP contribution is 2.41. The van der Waals surface area contributed by atoms with Gasteiger partial charge in [0.1, 0.15) is 17.1 Å². The molecule has 5 nitrogen and oxygen atoms in total. The van der Waals surface area contributed by atoms with E-state index in [-0.39, 0.29) is 17.6 Å². The Hall–Kier alpha value is -2.34. The van der Waals surface area contributed by atoms with E-state index in [0.717, 1.165) is 6.42 Å². The van der Waals surface area contributed by atoms with Crippen molar-refractivity contribution >= 4 is 23.0 Å². The Kier molecular flexibility index (Phi) is 5.15. The Morgan fingerprint density at radius 3 is 2.79 bits per heavy atom. The summed E-state index contributed by atoms with van der Waals surface area (Å²) in [6, 6.07) is 9.44. The maximum Gasteiger partial charge on any atom is 0.225 e. The van der Waals surface area contributed by atoms with Gasteiger partial charge in [-0.2, -0.15) is 0 Å². The van der Waals surface area contributed by atoms with Gasteiger partial charge in [-0.3, -0.25) is 9.59 Å². The van der Waals surface area contributed by atoms with Crippen molar-refractivity contribution in [3.8, 4) is 11.5 Å². The normalized spacial score (nSPS) is 19.1. The fourth-order valence-corrected chi connectivity index (χ4v) is 4.98. The van der Waals surface area contributed by atoms with Crippen molar-refractivity contribution < 1.29 is 19.1 Å². The molecule has 28 heavy (non-hydrogen) atoms. The number of amides is 1. The van der Waals surface area contributed by atoms with Gasteiger partial charge in [0.2, 0.25) is 5.91 Å². The van der Waals surface area contributed by atoms with Gasteiger partial charge >= 0.3 is 0 Å². The number of likely N-dealkylation sites (tertiary alicyclic amines) is 1. The third-order valence-electron chi connectivity index (χ3n) is 5.79. The van der Waals surface area contributed by atoms with Crippen LogP contribution in [0.25, 0.3) is 0 Å². The lowest BCUT2D eigenvalue weighted by atomic mass is 9.82. The number of rotatable bonds is 4. The van der Waals surface area contributed by atoms with Crippen LogP contribution in [0.1, 0.15) is 41.4 Å². The maximum atomic E-state index is 12.8. The molecule has 0 bridgehead atoms. The molecule has 2 aromatic rings. The van der Waals surface area contributed by atoms with E-state index in [1.807, 2.05) is 23.3 Å². The lowest BCUT2D eigenvalue weighted by Crippen LogP contribution is -2.53. The number of carbonyl (C=O) groups is 2. The second-order valence-corrected chi connectivity index (χ2v) is 8.79. The van der Waals surface area contributed by atoms with Crippen LogP contribution in [0.2, 0.25) is 0 Å². The number of hydrogen-bond acceptors (Lipinski definition) is 5. The molecule has 6 heteroatoms. The number of methoxy groups -OCH3 is 1. The van der Waals surface area contributed by atoms with E-state index in [1.165, 1.54) is 4.88 Å². The zero-order valence-electron chi connectivity index (χ0n) is 16.3. The molecule has 2 aliphatic heterocycles. The van der Waals surface area contributed by atoms with Crippen LogP contribution in [0.4, 0.5) is 0 Å². The minimum absolute atomic E-state index is 0.0356. The Balaban J connectivity index is 1.42. The SMILES string of the molecule is COc1ccc2c(c1)OC1(CCN(C(=O)[C@H](C)Cc3cccs3)CC1)CC2=O. The van der Waals surface area contributed by atoms with E-state index >= 15 is 0 Å². The maximum absolute atomic E-state index is 12.8. The van der Waals surface area contributed by atoms with Crippen LogP contribution in [-0.4, -0.2) is 42.4 Å². The molecule has 1 spiro atoms. The predicted molar refractivity (Wildman–Crippen MR) is 108 cm³/mol. The summed E-state index contributed by atoms with van der Waals surface area (Å²) in [6.45, 7) is 3.25. The molecule has 0 radical (unpaired) electrons. The van der Waals surface area contributed by atoms with Gasteiger partial charge < -0.3 is 14.4 Å². The average Bonchev–Trinajstić information content (AvgIpc) is 3.20. The Labute approximate surface area is 169 Å². The fraction of sp³-hybridized carbons (Fsp3) is 0.455. The summed E-state index contributed by atoms with van der Waals surface area (Å²) >= 11 is 1.69. The summed E-state index contributed by atoms with van der Waals surface area (Å²) in [6.07, 6.45) is 2.50. The first kappa shape index (κ1) is 19.0. The smallest absolute Gasteiger partial charge is 0.225 e. The molecule has 1 fully saturated rings. The number of thiophene rings is 1. The van der Waals surface area contributed by atoms with Gasteiger partial charge in [0.15, 0.2) is 5.78 Å². The van der Waals surface area contributed by atoms with E-state index in [2.05, 4.69) is 6.07 Å². The third-order valence-corrected chi connectivity index (χ3v) is 6.69. The number of ketones is 1. The van der Waals surface area contributed by atoms with E-state index in [4.69, 9.17) is 9.47 Å². The number of fused-ring (bicyclic) bond motifs is 1. The van der Waals surface area contributed by atoms with Gasteiger partial charge in [-0.1, -0.05) is 13.0 Å². The summed E-state index contributed by atoms with van der Waals surface area (Å²) in [5.41, 5.74) is 0.110. The number of hydrogen-bond donors (Lipinski definition) is 0. The number of ether oxygens (including phenoxy) is 2. The average molecular weight is 400 g/mol. The van der Waals surface area contributed by atoms with Crippen LogP contribution in [0.5, 0.6) is 11.5 Å². The fourth-order valence-electron chi connectivity index (χ4n) is 4.14. The van der Waals surface area contributed by atoms with E-state index in [0.29, 0.717) is 49.4 Å². The second kappa shape index (κ2) is 7.59. The number of Topliss-reactive ketones (excluding diaryl/α,β-unsaturated/α-hetero) is 1. The summed E-state index contributed by atoms with van der Waals surface area (Å²) in [5, 5.41) is 2.04. The lowest BCUT2D eigenvalue weighted by Gasteiger charge is -2.44. The number of carbonyl (C=O) groups excluding carboxylic acids is 2. The summed E-state index contributed by atoms with van der Waals surface area (Å²) in [4.78, 5) is 28.7. The zero-order valence-corrected chi connectivity index (χ0v) is 17.1. The number of nitrogens with zero attached hydrogens (tertiary/aromatic N) is 1. The third kappa shape index (κ3) is 3.65. The molecule has 1 saturated heterocycles. The highest BCUT2D eigenvalue weighted by molar-refractivity contribution is 7.09. The first-order valence-electron chi connectivity index (χ1n) is 9.71. The Morgan fingerprint density at radius 1 is 1.32 bits per heavy atom. The van der Waals surface area contributed by atoms with Gasteiger partial charge in [0.05, 0.1) is 19.1 Å². The van der Waals surface area contributed by atoms with Crippen molar-refractivity contribution in [2.24, 2.45) is 5.92 Å². The molecule has 1 aromatic carbocycles. The minimum atomic E-state index is -0.510. The quantitative estimate of drug-likeness (QED) is 0.781. The molecule has 1 aromatic heterocycles. The van der Waals surface area contributed by atoms with Crippen LogP contribution in [-0.2, 0) is 11.2 Å². The van der Waals surface area contributed by atoms with Crippen molar-refractivity contribution in [2.75, 3.05) is 20.2 Å². The molecular formula is C22H25NO4S. The molecule has 0 saturated carbocycles. The number of benzene rings is 1. The van der Waals surface area contributed by atoms with Gasteiger partial charge in [-0.25, -0.2) is 0 Å². The van der Waals surface area contributed by atoms with Gasteiger partial charge in [0.25, 0.3) is 0 Å². The predicted octanol–water partition coefficient (Wildman–Crippen LogP) is 3.96. The molecule has 1 amide bonds. The second-order valence-electron chi connectivity index (χ2n) is 7.76. The molecule has 0 N–H and O–H groups in total. The van der Waals surface area contributed by atoms with E-state index < -0.39 is 5.60 Å². The Morgan fingerprint density at radius 2 is 2.11 bits per heavy atom. The molecule has 4 rings (SSSR count). The standard InChI is InChI=1S/C22H25NO4S/c1-15(12-17-4-3-11-28-17)21(25)23-9-7-22(8-10-23)14-19(24)18-6-5-16(26-2)13-20(18)27-22/h3-6,11,13,15H,7-10,12,14H2,1-2H3/t15-/m1/s1. The van der Waals surface area contributed by atoms with Crippen molar-refractivity contribution in [1.82, 2.24) is 4.90 Å². The summed E-state index contributed by atoms with van der Waals surface area (Å²) in [7, 11) is 1.60. The van der Waals surface area contributed by atoms with Crippen LogP contribution in [0.15, 0.2) is 35.7 Å². The minimum Gasteiger partial charge on any atom is -0.497 e. The molecule has 1 atom stereocenters. The zero-order chi connectivity index (χ0) is 19.7. The lowest BCUT2D eigenvalue weighted by molar-refractivity contribution is -0.138. The molecule has 0 aliphatic carbocycles. The molecular weight excluding hydrogens is 374 g/mol. The monoisotopic (exact) mass is 399 g/mol. The van der Waals surface area contributed by atoms with Crippen LogP contribution in [0.3, 0.4) is 0 Å². The molecule has 0 unspecified atom stereocenters. The number of piperidine rings is 1. The van der Waals surface area contributed by atoms with Crippen molar-refractivity contribution in [2.45, 2.75) is 38.2 Å². The van der Waals surface area contributed by atoms with Crippen LogP contribution in [0, 0.1) is 5.92 Å². The van der Waals surface area contributed by atoms with Crippen LogP contribution >= 0.6 is 11.3 Å². The van der Waals surface area contributed by atoms with E-state index in [1.54, 1.807) is 36.6 Å². The summed E-state index contributed by atoms with van der Waals surface area (Å²) in [5.74, 6) is 1.54. The first-order chi connectivity index (χ1) is 13.5. The summed E-state index contributed by atoms with van der Waals surface area (Å²) < 4.78 is 11.6. The largest absolute Gasteiger partial charge is 0.497 e. The topological polar surface area (TPSA) is 55.8 Å². The van der Waals surface area contributed by atoms with Gasteiger partial charge in [-0.05, 0) is 30.0 Å².